The van der Waals surface area contributed by atoms with Crippen LogP contribution in [-0.2, 0) is 16.1 Å². The predicted molar refractivity (Wildman–Crippen MR) is 82.6 cm³/mol. The molecule has 1 atom stereocenters. The summed E-state index contributed by atoms with van der Waals surface area (Å²) in [5.74, 6) is -2.11. The minimum absolute atomic E-state index is 0.0629. The average molecular weight is 327 g/mol. The minimum atomic E-state index is -1.04. The molecule has 0 saturated heterocycles. The molecule has 1 aliphatic rings. The zero-order valence-electron chi connectivity index (χ0n) is 12.9. The molecule has 2 amide bonds. The molecule has 0 unspecified atom stereocenters. The molecule has 6 heteroatoms. The molecule has 2 aromatic rings. The van der Waals surface area contributed by atoms with Gasteiger partial charge in [-0.1, -0.05) is 24.3 Å². The zero-order chi connectivity index (χ0) is 17.3. The van der Waals surface area contributed by atoms with Crippen molar-refractivity contribution in [1.29, 1.82) is 0 Å². The number of rotatable bonds is 4. The molecule has 0 bridgehead atoms. The molecule has 0 saturated carbocycles. The summed E-state index contributed by atoms with van der Waals surface area (Å²) in [7, 11) is 0. The van der Waals surface area contributed by atoms with Gasteiger partial charge in [0.05, 0.1) is 11.1 Å². The number of fused-ring (bicyclic) bond motifs is 1. The number of benzene rings is 2. The van der Waals surface area contributed by atoms with Crippen molar-refractivity contribution in [2.24, 2.45) is 0 Å². The maximum absolute atomic E-state index is 12.8. The van der Waals surface area contributed by atoms with E-state index in [9.17, 15) is 18.8 Å². The second kappa shape index (κ2) is 6.23. The Kier molecular flexibility index (Phi) is 4.12. The van der Waals surface area contributed by atoms with Gasteiger partial charge in [-0.25, -0.2) is 9.18 Å². The van der Waals surface area contributed by atoms with Crippen molar-refractivity contribution < 1.29 is 23.5 Å². The van der Waals surface area contributed by atoms with Crippen LogP contribution in [0.25, 0.3) is 0 Å². The van der Waals surface area contributed by atoms with Gasteiger partial charge in [0, 0.05) is 0 Å². The van der Waals surface area contributed by atoms with E-state index in [-0.39, 0.29) is 23.6 Å². The minimum Gasteiger partial charge on any atom is -0.459 e. The summed E-state index contributed by atoms with van der Waals surface area (Å²) in [6, 6.07) is 10.9. The summed E-state index contributed by atoms with van der Waals surface area (Å²) in [6.45, 7) is 1.38. The van der Waals surface area contributed by atoms with Gasteiger partial charge in [0.15, 0.2) is 0 Å². The first kappa shape index (κ1) is 15.9. The maximum Gasteiger partial charge on any atom is 0.329 e. The highest BCUT2D eigenvalue weighted by Crippen LogP contribution is 2.24. The van der Waals surface area contributed by atoms with Gasteiger partial charge in [0.2, 0.25) is 0 Å². The molecule has 0 aliphatic carbocycles. The van der Waals surface area contributed by atoms with Gasteiger partial charge < -0.3 is 4.74 Å². The lowest BCUT2D eigenvalue weighted by Crippen LogP contribution is -2.43. The normalized spacial score (nSPS) is 14.5. The molecular formula is C18H14FNO4. The van der Waals surface area contributed by atoms with Crippen molar-refractivity contribution in [3.8, 4) is 0 Å². The highest BCUT2D eigenvalue weighted by Gasteiger charge is 2.41. The number of hydrogen-bond acceptors (Lipinski definition) is 4. The van der Waals surface area contributed by atoms with E-state index >= 15 is 0 Å². The maximum atomic E-state index is 12.8. The number of hydrogen-bond donors (Lipinski definition) is 0. The van der Waals surface area contributed by atoms with Gasteiger partial charge in [0.25, 0.3) is 11.8 Å². The van der Waals surface area contributed by atoms with Gasteiger partial charge in [-0.2, -0.15) is 0 Å². The van der Waals surface area contributed by atoms with Crippen LogP contribution in [0.15, 0.2) is 48.5 Å². The van der Waals surface area contributed by atoms with E-state index in [4.69, 9.17) is 4.74 Å². The largest absolute Gasteiger partial charge is 0.459 e. The lowest BCUT2D eigenvalue weighted by molar-refractivity contribution is -0.149. The monoisotopic (exact) mass is 327 g/mol. The van der Waals surface area contributed by atoms with Crippen LogP contribution >= 0.6 is 0 Å². The highest BCUT2D eigenvalue weighted by atomic mass is 19.1. The molecule has 0 spiro atoms. The smallest absolute Gasteiger partial charge is 0.329 e. The molecule has 1 aliphatic heterocycles. The third-order valence-corrected chi connectivity index (χ3v) is 3.85. The lowest BCUT2D eigenvalue weighted by Gasteiger charge is -2.20. The van der Waals surface area contributed by atoms with Crippen LogP contribution in [0.5, 0.6) is 0 Å². The van der Waals surface area contributed by atoms with Gasteiger partial charge in [-0.3, -0.25) is 14.5 Å². The molecule has 122 valence electrons. The van der Waals surface area contributed by atoms with E-state index in [2.05, 4.69) is 0 Å². The first-order valence-corrected chi connectivity index (χ1v) is 7.37. The summed E-state index contributed by atoms with van der Waals surface area (Å²) in [5.41, 5.74) is 1.17. The molecule has 1 heterocycles. The first-order valence-electron chi connectivity index (χ1n) is 7.37. The van der Waals surface area contributed by atoms with Gasteiger partial charge in [-0.05, 0) is 36.8 Å². The molecule has 2 aromatic carbocycles. The Labute approximate surface area is 137 Å². The van der Waals surface area contributed by atoms with Crippen molar-refractivity contribution in [2.75, 3.05) is 0 Å². The quantitative estimate of drug-likeness (QED) is 0.639. The molecule has 24 heavy (non-hydrogen) atoms. The van der Waals surface area contributed by atoms with Crippen molar-refractivity contribution >= 4 is 17.8 Å². The molecule has 0 N–H and O–H groups in total. The van der Waals surface area contributed by atoms with E-state index in [1.807, 2.05) is 0 Å². The van der Waals surface area contributed by atoms with Crippen LogP contribution < -0.4 is 0 Å². The fourth-order valence-electron chi connectivity index (χ4n) is 2.52. The number of amides is 2. The Bertz CT molecular complexity index is 781. The molecule has 0 aromatic heterocycles. The summed E-state index contributed by atoms with van der Waals surface area (Å²) < 4.78 is 18.0. The summed E-state index contributed by atoms with van der Waals surface area (Å²) in [5, 5.41) is 0. The number of imide groups is 1. The molecule has 0 fully saturated rings. The van der Waals surface area contributed by atoms with Crippen LogP contribution in [-0.4, -0.2) is 28.7 Å². The van der Waals surface area contributed by atoms with Crippen molar-refractivity contribution in [1.82, 2.24) is 4.90 Å². The Hall–Kier alpha value is -3.02. The van der Waals surface area contributed by atoms with E-state index in [1.165, 1.54) is 31.2 Å². The van der Waals surface area contributed by atoms with Gasteiger partial charge >= 0.3 is 5.97 Å². The number of ether oxygens (including phenoxy) is 1. The van der Waals surface area contributed by atoms with E-state index in [1.54, 1.807) is 24.3 Å². The second-order valence-electron chi connectivity index (χ2n) is 5.44. The van der Waals surface area contributed by atoms with E-state index in [0.29, 0.717) is 5.56 Å². The van der Waals surface area contributed by atoms with Crippen LogP contribution in [0.3, 0.4) is 0 Å². The number of carbonyl (C=O) groups is 3. The van der Waals surface area contributed by atoms with Crippen LogP contribution in [0.2, 0.25) is 0 Å². The molecular weight excluding hydrogens is 313 g/mol. The zero-order valence-corrected chi connectivity index (χ0v) is 12.9. The third kappa shape index (κ3) is 2.78. The van der Waals surface area contributed by atoms with Gasteiger partial charge in [-0.15, -0.1) is 0 Å². The number of esters is 1. The van der Waals surface area contributed by atoms with Crippen LogP contribution in [0, 0.1) is 5.82 Å². The second-order valence-corrected chi connectivity index (χ2v) is 5.44. The van der Waals surface area contributed by atoms with Crippen LogP contribution in [0.4, 0.5) is 4.39 Å². The van der Waals surface area contributed by atoms with Crippen molar-refractivity contribution in [3.05, 3.63) is 71.0 Å². The lowest BCUT2D eigenvalue weighted by atomic mass is 10.1. The Morgan fingerprint density at radius 1 is 1.04 bits per heavy atom. The Balaban J connectivity index is 1.69. The SMILES string of the molecule is C[C@H](C(=O)OCc1ccc(F)cc1)N1C(=O)c2ccccc2C1=O. The average Bonchev–Trinajstić information content (AvgIpc) is 2.85. The third-order valence-electron chi connectivity index (χ3n) is 3.85. The Morgan fingerprint density at radius 2 is 1.58 bits per heavy atom. The first-order chi connectivity index (χ1) is 11.5. The fourth-order valence-corrected chi connectivity index (χ4v) is 2.52. The Morgan fingerprint density at radius 3 is 2.12 bits per heavy atom. The topological polar surface area (TPSA) is 63.7 Å². The predicted octanol–water partition coefficient (Wildman–Crippen LogP) is 2.55. The highest BCUT2D eigenvalue weighted by molar-refractivity contribution is 6.22. The van der Waals surface area contributed by atoms with Crippen molar-refractivity contribution in [3.63, 3.8) is 0 Å². The van der Waals surface area contributed by atoms with Gasteiger partial charge in [0.1, 0.15) is 18.5 Å². The molecule has 5 nitrogen and oxygen atoms in total. The number of carbonyl (C=O) groups excluding carboxylic acids is 3. The number of nitrogens with zero attached hydrogens (tertiary/aromatic N) is 1. The van der Waals surface area contributed by atoms with E-state index in [0.717, 1.165) is 4.90 Å². The van der Waals surface area contributed by atoms with Crippen molar-refractivity contribution in [2.45, 2.75) is 19.6 Å². The molecule has 3 rings (SSSR count). The van der Waals surface area contributed by atoms with E-state index < -0.39 is 23.8 Å². The molecule has 0 radical (unpaired) electrons. The summed E-state index contributed by atoms with van der Waals surface area (Å²) in [6.07, 6.45) is 0. The number of halogens is 1. The summed E-state index contributed by atoms with van der Waals surface area (Å²) in [4.78, 5) is 37.7. The standard InChI is InChI=1S/C18H14FNO4/c1-11(18(23)24-10-12-6-8-13(19)9-7-12)20-16(21)14-4-2-3-5-15(14)17(20)22/h2-9,11H,10H2,1H3/t11-/m1/s1. The fraction of sp³-hybridized carbons (Fsp3) is 0.167. The summed E-state index contributed by atoms with van der Waals surface area (Å²) >= 11 is 0. The van der Waals surface area contributed by atoms with Crippen LogP contribution in [0.1, 0.15) is 33.2 Å².